The van der Waals surface area contributed by atoms with Crippen molar-refractivity contribution in [3.8, 4) is 0 Å². The van der Waals surface area contributed by atoms with Gasteiger partial charge >= 0.3 is 0 Å². The Morgan fingerprint density at radius 1 is 1.53 bits per heavy atom. The molecule has 0 bridgehead atoms. The first-order valence-electron chi connectivity index (χ1n) is 4.62. The first kappa shape index (κ1) is 11.9. The summed E-state index contributed by atoms with van der Waals surface area (Å²) in [6.07, 6.45) is 6.87. The SMILES string of the molecule is C=Cn1ccnc1CCCCS(=O)(=O)O. The molecule has 0 amide bonds. The zero-order valence-corrected chi connectivity index (χ0v) is 9.15. The Morgan fingerprint density at radius 2 is 2.27 bits per heavy atom. The van der Waals surface area contributed by atoms with Crippen LogP contribution in [-0.2, 0) is 16.5 Å². The highest BCUT2D eigenvalue weighted by Gasteiger charge is 2.05. The second kappa shape index (κ2) is 5.09. The minimum Gasteiger partial charge on any atom is -0.311 e. The predicted octanol–water partition coefficient (Wildman–Crippen LogP) is 1.19. The van der Waals surface area contributed by atoms with Crippen molar-refractivity contribution in [3.63, 3.8) is 0 Å². The molecule has 0 spiro atoms. The van der Waals surface area contributed by atoms with E-state index < -0.39 is 10.1 Å². The van der Waals surface area contributed by atoms with E-state index in [-0.39, 0.29) is 5.75 Å². The van der Waals surface area contributed by atoms with Crippen LogP contribution in [-0.4, -0.2) is 28.3 Å². The summed E-state index contributed by atoms with van der Waals surface area (Å²) in [7, 11) is -3.83. The van der Waals surface area contributed by atoms with E-state index in [4.69, 9.17) is 4.55 Å². The molecule has 0 aliphatic rings. The summed E-state index contributed by atoms with van der Waals surface area (Å²) in [6, 6.07) is 0. The molecule has 0 radical (unpaired) electrons. The zero-order chi connectivity index (χ0) is 11.3. The lowest BCUT2D eigenvalue weighted by atomic mass is 10.2. The molecular formula is C9H14N2O3S. The number of aryl methyl sites for hydroxylation is 1. The fourth-order valence-corrected chi connectivity index (χ4v) is 1.84. The molecule has 0 aromatic carbocycles. The predicted molar refractivity (Wildman–Crippen MR) is 58.0 cm³/mol. The van der Waals surface area contributed by atoms with Crippen LogP contribution >= 0.6 is 0 Å². The van der Waals surface area contributed by atoms with Gasteiger partial charge in [-0.3, -0.25) is 4.55 Å². The molecule has 1 aromatic heterocycles. The Hall–Kier alpha value is -1.14. The Morgan fingerprint density at radius 3 is 2.87 bits per heavy atom. The standard InChI is InChI=1S/C9H14N2O3S/c1-2-11-7-6-10-9(11)5-3-4-8-15(12,13)14/h2,6-7H,1,3-5,8H2,(H,12,13,14). The van der Waals surface area contributed by atoms with Gasteiger partial charge in [0.1, 0.15) is 5.82 Å². The van der Waals surface area contributed by atoms with Gasteiger partial charge in [-0.05, 0) is 12.8 Å². The molecule has 1 rings (SSSR count). The Labute approximate surface area is 89.2 Å². The van der Waals surface area contributed by atoms with Crippen LogP contribution in [0.2, 0.25) is 0 Å². The van der Waals surface area contributed by atoms with Crippen molar-refractivity contribution in [3.05, 3.63) is 24.8 Å². The molecule has 6 heteroatoms. The summed E-state index contributed by atoms with van der Waals surface area (Å²) in [5, 5.41) is 0. The molecular weight excluding hydrogens is 216 g/mol. The molecule has 15 heavy (non-hydrogen) atoms. The molecule has 0 fully saturated rings. The highest BCUT2D eigenvalue weighted by molar-refractivity contribution is 7.85. The van der Waals surface area contributed by atoms with Crippen LogP contribution in [0, 0.1) is 0 Å². The van der Waals surface area contributed by atoms with Gasteiger partial charge in [-0.15, -0.1) is 0 Å². The molecule has 1 N–H and O–H groups in total. The van der Waals surface area contributed by atoms with Gasteiger partial charge in [0.25, 0.3) is 10.1 Å². The second-order valence-corrected chi connectivity index (χ2v) is 4.75. The smallest absolute Gasteiger partial charge is 0.264 e. The zero-order valence-electron chi connectivity index (χ0n) is 8.33. The van der Waals surface area contributed by atoms with E-state index in [0.717, 1.165) is 5.82 Å². The Balaban J connectivity index is 2.35. The number of hydrogen-bond acceptors (Lipinski definition) is 3. The highest BCUT2D eigenvalue weighted by Crippen LogP contribution is 2.04. The minimum absolute atomic E-state index is 0.193. The van der Waals surface area contributed by atoms with Gasteiger partial charge < -0.3 is 4.57 Å². The van der Waals surface area contributed by atoms with Crippen molar-refractivity contribution < 1.29 is 13.0 Å². The van der Waals surface area contributed by atoms with Crippen LogP contribution in [0.15, 0.2) is 19.0 Å². The van der Waals surface area contributed by atoms with E-state index in [2.05, 4.69) is 11.6 Å². The number of aromatic nitrogens is 2. The molecule has 84 valence electrons. The topological polar surface area (TPSA) is 72.2 Å². The van der Waals surface area contributed by atoms with Gasteiger partial charge in [-0.2, -0.15) is 8.42 Å². The average molecular weight is 230 g/mol. The fourth-order valence-electron chi connectivity index (χ4n) is 1.27. The maximum Gasteiger partial charge on any atom is 0.264 e. The number of hydrogen-bond donors (Lipinski definition) is 1. The maximum atomic E-state index is 10.4. The summed E-state index contributed by atoms with van der Waals surface area (Å²) in [5.41, 5.74) is 0. The van der Waals surface area contributed by atoms with Crippen LogP contribution in [0.5, 0.6) is 0 Å². The second-order valence-electron chi connectivity index (χ2n) is 3.18. The van der Waals surface area contributed by atoms with Gasteiger partial charge in [0, 0.05) is 25.0 Å². The Kier molecular flexibility index (Phi) is 4.05. The van der Waals surface area contributed by atoms with Crippen molar-refractivity contribution in [2.75, 3.05) is 5.75 Å². The van der Waals surface area contributed by atoms with E-state index in [1.165, 1.54) is 0 Å². The van der Waals surface area contributed by atoms with Crippen LogP contribution in [0.1, 0.15) is 18.7 Å². The molecule has 0 aliphatic heterocycles. The van der Waals surface area contributed by atoms with Gasteiger partial charge in [-0.25, -0.2) is 4.98 Å². The number of imidazole rings is 1. The molecule has 1 aromatic rings. The van der Waals surface area contributed by atoms with Crippen LogP contribution in [0.25, 0.3) is 6.20 Å². The van der Waals surface area contributed by atoms with Gasteiger partial charge in [0.15, 0.2) is 0 Å². The molecule has 0 aliphatic carbocycles. The van der Waals surface area contributed by atoms with Gasteiger partial charge in [0.05, 0.1) is 5.75 Å². The molecule has 1 heterocycles. The lowest BCUT2D eigenvalue weighted by Crippen LogP contribution is -2.04. The lowest BCUT2D eigenvalue weighted by Gasteiger charge is -2.01. The van der Waals surface area contributed by atoms with E-state index in [1.807, 2.05) is 0 Å². The van der Waals surface area contributed by atoms with Crippen molar-refractivity contribution in [1.82, 2.24) is 9.55 Å². The Bertz CT molecular complexity index is 422. The molecule has 0 saturated heterocycles. The molecule has 0 unspecified atom stereocenters. The lowest BCUT2D eigenvalue weighted by molar-refractivity contribution is 0.480. The third kappa shape index (κ3) is 4.26. The maximum absolute atomic E-state index is 10.4. The van der Waals surface area contributed by atoms with Gasteiger partial charge in [0.2, 0.25) is 0 Å². The van der Waals surface area contributed by atoms with E-state index in [0.29, 0.717) is 19.3 Å². The van der Waals surface area contributed by atoms with Gasteiger partial charge in [-0.1, -0.05) is 6.58 Å². The van der Waals surface area contributed by atoms with E-state index >= 15 is 0 Å². The fraction of sp³-hybridized carbons (Fsp3) is 0.444. The first-order chi connectivity index (χ1) is 7.03. The largest absolute Gasteiger partial charge is 0.311 e. The molecule has 5 nitrogen and oxygen atoms in total. The van der Waals surface area contributed by atoms with E-state index in [9.17, 15) is 8.42 Å². The average Bonchev–Trinajstić information content (AvgIpc) is 2.58. The molecule has 0 saturated carbocycles. The van der Waals surface area contributed by atoms with Crippen LogP contribution in [0.4, 0.5) is 0 Å². The van der Waals surface area contributed by atoms with Crippen molar-refractivity contribution in [2.45, 2.75) is 19.3 Å². The normalized spacial score (nSPS) is 11.5. The summed E-state index contributed by atoms with van der Waals surface area (Å²) < 4.78 is 31.2. The van der Waals surface area contributed by atoms with Crippen molar-refractivity contribution in [2.24, 2.45) is 0 Å². The number of rotatable bonds is 6. The van der Waals surface area contributed by atoms with E-state index in [1.54, 1.807) is 23.2 Å². The number of nitrogens with zero attached hydrogens (tertiary/aromatic N) is 2. The minimum atomic E-state index is -3.83. The quantitative estimate of drug-likeness (QED) is 0.588. The molecule has 0 atom stereocenters. The summed E-state index contributed by atoms with van der Waals surface area (Å²) in [5.74, 6) is 0.655. The third-order valence-electron chi connectivity index (χ3n) is 2.00. The first-order valence-corrected chi connectivity index (χ1v) is 6.23. The summed E-state index contributed by atoms with van der Waals surface area (Å²) >= 11 is 0. The van der Waals surface area contributed by atoms with Crippen LogP contribution in [0.3, 0.4) is 0 Å². The summed E-state index contributed by atoms with van der Waals surface area (Å²) in [6.45, 7) is 3.62. The van der Waals surface area contributed by atoms with Crippen LogP contribution < -0.4 is 0 Å². The number of unbranched alkanes of at least 4 members (excludes halogenated alkanes) is 1. The van der Waals surface area contributed by atoms with Crippen molar-refractivity contribution >= 4 is 16.3 Å². The van der Waals surface area contributed by atoms with Crippen molar-refractivity contribution in [1.29, 1.82) is 0 Å². The highest BCUT2D eigenvalue weighted by atomic mass is 32.2. The summed E-state index contributed by atoms with van der Waals surface area (Å²) in [4.78, 5) is 4.10. The monoisotopic (exact) mass is 230 g/mol. The third-order valence-corrected chi connectivity index (χ3v) is 2.80.